The van der Waals surface area contributed by atoms with E-state index in [-0.39, 0.29) is 5.84 Å². The van der Waals surface area contributed by atoms with Crippen molar-refractivity contribution in [2.45, 2.75) is 6.92 Å². The van der Waals surface area contributed by atoms with Crippen molar-refractivity contribution in [1.82, 2.24) is 0 Å². The molecule has 5 heteroatoms. The molecule has 0 unspecified atom stereocenters. The molecule has 0 fully saturated rings. The van der Waals surface area contributed by atoms with Gasteiger partial charge in [0, 0.05) is 4.47 Å². The second-order valence-electron chi connectivity index (χ2n) is 4.28. The summed E-state index contributed by atoms with van der Waals surface area (Å²) in [7, 11) is 1.59. The summed E-state index contributed by atoms with van der Waals surface area (Å²) in [5.74, 6) is 1.67. The molecule has 2 aromatic carbocycles. The van der Waals surface area contributed by atoms with Crippen LogP contribution in [0.3, 0.4) is 0 Å². The van der Waals surface area contributed by atoms with E-state index < -0.39 is 0 Å². The summed E-state index contributed by atoms with van der Waals surface area (Å²) in [6.07, 6.45) is 0. The minimum Gasteiger partial charge on any atom is -0.493 e. The summed E-state index contributed by atoms with van der Waals surface area (Å²) in [5.41, 5.74) is 7.21. The topological polar surface area (TPSA) is 68.3 Å². The highest BCUT2D eigenvalue weighted by Gasteiger charge is 2.13. The van der Waals surface area contributed by atoms with Crippen LogP contribution >= 0.6 is 15.9 Å². The molecule has 3 N–H and O–H groups in total. The molecule has 0 bridgehead atoms. The molecule has 0 aromatic heterocycles. The SMILES string of the molecule is COc1cc(C)ccc1Oc1cccc(Br)c1C(=N)N. The Morgan fingerprint density at radius 2 is 1.90 bits per heavy atom. The number of hydrogen-bond acceptors (Lipinski definition) is 3. The fourth-order valence-corrected chi connectivity index (χ4v) is 2.39. The minimum atomic E-state index is -0.0569. The average Bonchev–Trinajstić information content (AvgIpc) is 2.40. The Morgan fingerprint density at radius 3 is 2.55 bits per heavy atom. The number of aryl methyl sites for hydroxylation is 1. The van der Waals surface area contributed by atoms with Gasteiger partial charge in [-0.05, 0) is 52.7 Å². The maximum absolute atomic E-state index is 7.65. The molecule has 0 saturated carbocycles. The monoisotopic (exact) mass is 334 g/mol. The molecule has 2 rings (SSSR count). The second kappa shape index (κ2) is 5.96. The lowest BCUT2D eigenvalue weighted by Gasteiger charge is -2.14. The van der Waals surface area contributed by atoms with Crippen molar-refractivity contribution in [2.24, 2.45) is 5.73 Å². The van der Waals surface area contributed by atoms with Crippen LogP contribution in [0.4, 0.5) is 0 Å². The van der Waals surface area contributed by atoms with Crippen LogP contribution in [0, 0.1) is 12.3 Å². The van der Waals surface area contributed by atoms with Crippen molar-refractivity contribution in [2.75, 3.05) is 7.11 Å². The maximum Gasteiger partial charge on any atom is 0.169 e. The number of benzene rings is 2. The zero-order valence-electron chi connectivity index (χ0n) is 11.2. The predicted molar refractivity (Wildman–Crippen MR) is 83.0 cm³/mol. The van der Waals surface area contributed by atoms with Crippen LogP contribution in [0.5, 0.6) is 17.2 Å². The molecular weight excluding hydrogens is 320 g/mol. The van der Waals surface area contributed by atoms with E-state index in [0.29, 0.717) is 27.3 Å². The molecule has 0 aliphatic carbocycles. The van der Waals surface area contributed by atoms with Gasteiger partial charge in [0.1, 0.15) is 11.6 Å². The molecule has 0 heterocycles. The molecule has 0 radical (unpaired) electrons. The number of nitrogens with one attached hydrogen (secondary N) is 1. The second-order valence-corrected chi connectivity index (χ2v) is 5.14. The van der Waals surface area contributed by atoms with E-state index in [9.17, 15) is 0 Å². The number of halogens is 1. The fraction of sp³-hybridized carbons (Fsp3) is 0.133. The molecule has 0 saturated heterocycles. The number of hydrogen-bond donors (Lipinski definition) is 2. The van der Waals surface area contributed by atoms with Crippen LogP contribution in [0.2, 0.25) is 0 Å². The van der Waals surface area contributed by atoms with Gasteiger partial charge in [0.15, 0.2) is 11.5 Å². The highest BCUT2D eigenvalue weighted by Crippen LogP contribution is 2.35. The van der Waals surface area contributed by atoms with Gasteiger partial charge in [-0.3, -0.25) is 5.41 Å². The molecule has 20 heavy (non-hydrogen) atoms. The van der Waals surface area contributed by atoms with Crippen LogP contribution < -0.4 is 15.2 Å². The van der Waals surface area contributed by atoms with Gasteiger partial charge < -0.3 is 15.2 Å². The van der Waals surface area contributed by atoms with E-state index in [1.807, 2.05) is 37.3 Å². The number of nitrogen functional groups attached to an aromatic ring is 1. The third kappa shape index (κ3) is 2.93. The van der Waals surface area contributed by atoms with Crippen molar-refractivity contribution in [1.29, 1.82) is 5.41 Å². The predicted octanol–water partition coefficient (Wildman–Crippen LogP) is 3.84. The molecule has 0 spiro atoms. The standard InChI is InChI=1S/C15H15BrN2O2/c1-9-6-7-11(13(8-9)19-2)20-12-5-3-4-10(16)14(12)15(17)18/h3-8H,1-2H3,(H3,17,18). The van der Waals surface area contributed by atoms with E-state index in [4.69, 9.17) is 20.6 Å². The largest absolute Gasteiger partial charge is 0.493 e. The molecule has 0 atom stereocenters. The average molecular weight is 335 g/mol. The summed E-state index contributed by atoms with van der Waals surface area (Å²) >= 11 is 3.38. The first-order chi connectivity index (χ1) is 9.52. The fourth-order valence-electron chi connectivity index (χ4n) is 1.83. The third-order valence-electron chi connectivity index (χ3n) is 2.78. The Hall–Kier alpha value is -2.01. The summed E-state index contributed by atoms with van der Waals surface area (Å²) in [6.45, 7) is 1.98. The Kier molecular flexibility index (Phi) is 4.29. The lowest BCUT2D eigenvalue weighted by molar-refractivity contribution is 0.378. The van der Waals surface area contributed by atoms with Gasteiger partial charge in [0.05, 0.1) is 12.7 Å². The number of nitrogens with two attached hydrogens (primary N) is 1. The molecule has 0 aliphatic rings. The van der Waals surface area contributed by atoms with Crippen molar-refractivity contribution in [3.05, 3.63) is 52.0 Å². The maximum atomic E-state index is 7.65. The van der Waals surface area contributed by atoms with Crippen molar-refractivity contribution in [3.63, 3.8) is 0 Å². The zero-order valence-corrected chi connectivity index (χ0v) is 12.8. The minimum absolute atomic E-state index is 0.0569. The highest BCUT2D eigenvalue weighted by molar-refractivity contribution is 9.10. The Labute approximate surface area is 126 Å². The lowest BCUT2D eigenvalue weighted by Crippen LogP contribution is -2.13. The first kappa shape index (κ1) is 14.4. The summed E-state index contributed by atoms with van der Waals surface area (Å²) in [5, 5.41) is 7.65. The van der Waals surface area contributed by atoms with Crippen LogP contribution in [0.15, 0.2) is 40.9 Å². The van der Waals surface area contributed by atoms with E-state index in [1.165, 1.54) is 0 Å². The number of methoxy groups -OCH3 is 1. The van der Waals surface area contributed by atoms with Crippen molar-refractivity contribution >= 4 is 21.8 Å². The van der Waals surface area contributed by atoms with E-state index in [0.717, 1.165) is 5.56 Å². The highest BCUT2D eigenvalue weighted by atomic mass is 79.9. The van der Waals surface area contributed by atoms with Crippen LogP contribution in [0.1, 0.15) is 11.1 Å². The zero-order chi connectivity index (χ0) is 14.7. The Morgan fingerprint density at radius 1 is 1.15 bits per heavy atom. The smallest absolute Gasteiger partial charge is 0.169 e. The van der Waals surface area contributed by atoms with Crippen LogP contribution in [0.25, 0.3) is 0 Å². The van der Waals surface area contributed by atoms with Gasteiger partial charge in [-0.15, -0.1) is 0 Å². The normalized spacial score (nSPS) is 10.2. The molecule has 0 aliphatic heterocycles. The molecule has 2 aromatic rings. The van der Waals surface area contributed by atoms with Gasteiger partial charge >= 0.3 is 0 Å². The molecule has 0 amide bonds. The number of ether oxygens (including phenoxy) is 2. The molecule has 104 valence electrons. The van der Waals surface area contributed by atoms with E-state index >= 15 is 0 Å². The van der Waals surface area contributed by atoms with Crippen LogP contribution in [-0.4, -0.2) is 12.9 Å². The molecular formula is C15H15BrN2O2. The Balaban J connectivity index is 2.45. The van der Waals surface area contributed by atoms with Gasteiger partial charge in [-0.1, -0.05) is 12.1 Å². The quantitative estimate of drug-likeness (QED) is 0.659. The van der Waals surface area contributed by atoms with Gasteiger partial charge in [0.25, 0.3) is 0 Å². The number of amidine groups is 1. The van der Waals surface area contributed by atoms with Crippen LogP contribution in [-0.2, 0) is 0 Å². The summed E-state index contributed by atoms with van der Waals surface area (Å²) < 4.78 is 11.9. The summed E-state index contributed by atoms with van der Waals surface area (Å²) in [6, 6.07) is 11.1. The van der Waals surface area contributed by atoms with E-state index in [1.54, 1.807) is 13.2 Å². The van der Waals surface area contributed by atoms with Gasteiger partial charge in [0.2, 0.25) is 0 Å². The first-order valence-corrected chi connectivity index (χ1v) is 6.77. The Bertz CT molecular complexity index is 656. The number of rotatable bonds is 4. The van der Waals surface area contributed by atoms with Crippen molar-refractivity contribution in [3.8, 4) is 17.2 Å². The van der Waals surface area contributed by atoms with Gasteiger partial charge in [-0.2, -0.15) is 0 Å². The van der Waals surface area contributed by atoms with E-state index in [2.05, 4.69) is 15.9 Å². The first-order valence-electron chi connectivity index (χ1n) is 5.98. The molecule has 4 nitrogen and oxygen atoms in total. The lowest BCUT2D eigenvalue weighted by atomic mass is 10.2. The van der Waals surface area contributed by atoms with Gasteiger partial charge in [-0.25, -0.2) is 0 Å². The third-order valence-corrected chi connectivity index (χ3v) is 3.44. The van der Waals surface area contributed by atoms with Crippen molar-refractivity contribution < 1.29 is 9.47 Å². The summed E-state index contributed by atoms with van der Waals surface area (Å²) in [4.78, 5) is 0.